The molecule has 3 nitrogen and oxygen atoms in total. The van der Waals surface area contributed by atoms with Crippen molar-refractivity contribution in [2.75, 3.05) is 17.6 Å². The first kappa shape index (κ1) is 14.1. The summed E-state index contributed by atoms with van der Waals surface area (Å²) >= 11 is 3.43. The molecule has 2 rings (SSSR count). The smallest absolute Gasteiger partial charge is 0.0954 e. The molecule has 19 heavy (non-hydrogen) atoms. The van der Waals surface area contributed by atoms with Gasteiger partial charge in [-0.1, -0.05) is 13.8 Å². The van der Waals surface area contributed by atoms with Crippen molar-refractivity contribution in [3.8, 4) is 0 Å². The predicted molar refractivity (Wildman–Crippen MR) is 86.4 cm³/mol. The second kappa shape index (κ2) is 6.24. The van der Waals surface area contributed by atoms with Crippen LogP contribution in [0.2, 0.25) is 0 Å². The van der Waals surface area contributed by atoms with Crippen molar-refractivity contribution < 1.29 is 0 Å². The van der Waals surface area contributed by atoms with Crippen LogP contribution in [0.4, 0.5) is 11.4 Å². The fraction of sp³-hybridized carbons (Fsp3) is 0.400. The Morgan fingerprint density at radius 3 is 2.89 bits per heavy atom. The normalized spacial score (nSPS) is 11.2. The molecule has 0 fully saturated rings. The topological polar surface area (TPSA) is 50.9 Å². The van der Waals surface area contributed by atoms with Gasteiger partial charge in [-0.25, -0.2) is 0 Å². The van der Waals surface area contributed by atoms with Crippen molar-refractivity contribution in [1.29, 1.82) is 0 Å². The van der Waals surface area contributed by atoms with Gasteiger partial charge in [0.2, 0.25) is 0 Å². The molecule has 0 aliphatic carbocycles. The largest absolute Gasteiger partial charge is 0.398 e. The van der Waals surface area contributed by atoms with E-state index in [0.29, 0.717) is 0 Å². The summed E-state index contributed by atoms with van der Waals surface area (Å²) in [5, 5.41) is 4.45. The number of nitrogens with two attached hydrogens (primary N) is 1. The minimum atomic E-state index is 0.749. The minimum Gasteiger partial charge on any atom is -0.398 e. The molecule has 0 amide bonds. The molecule has 0 saturated carbocycles. The lowest BCUT2D eigenvalue weighted by Gasteiger charge is -2.11. The number of rotatable bonds is 5. The van der Waals surface area contributed by atoms with Gasteiger partial charge in [0.1, 0.15) is 0 Å². The van der Waals surface area contributed by atoms with Gasteiger partial charge in [-0.2, -0.15) is 0 Å². The van der Waals surface area contributed by atoms with Crippen LogP contribution in [-0.4, -0.2) is 11.5 Å². The number of nitrogens with zero attached hydrogens (tertiary/aromatic N) is 1. The SMILES string of the molecule is CC(C)CCCNc1ccc(N)c2cc(Br)cnc12. The number of aromatic nitrogens is 1. The van der Waals surface area contributed by atoms with E-state index in [2.05, 4.69) is 40.1 Å². The van der Waals surface area contributed by atoms with E-state index < -0.39 is 0 Å². The van der Waals surface area contributed by atoms with Gasteiger partial charge in [-0.3, -0.25) is 4.98 Å². The fourth-order valence-corrected chi connectivity index (χ4v) is 2.42. The Kier molecular flexibility index (Phi) is 4.64. The van der Waals surface area contributed by atoms with E-state index in [1.165, 1.54) is 12.8 Å². The van der Waals surface area contributed by atoms with Crippen molar-refractivity contribution >= 4 is 38.2 Å². The Morgan fingerprint density at radius 2 is 2.16 bits per heavy atom. The third kappa shape index (κ3) is 3.60. The van der Waals surface area contributed by atoms with E-state index in [0.717, 1.165) is 39.2 Å². The lowest BCUT2D eigenvalue weighted by Crippen LogP contribution is -2.04. The van der Waals surface area contributed by atoms with E-state index in [-0.39, 0.29) is 0 Å². The Balaban J connectivity index is 2.17. The van der Waals surface area contributed by atoms with Crippen LogP contribution < -0.4 is 11.1 Å². The highest BCUT2D eigenvalue weighted by Crippen LogP contribution is 2.28. The molecule has 2 aromatic rings. The molecule has 0 aliphatic rings. The molecule has 4 heteroatoms. The summed E-state index contributed by atoms with van der Waals surface area (Å²) in [6.07, 6.45) is 4.21. The summed E-state index contributed by atoms with van der Waals surface area (Å²) in [4.78, 5) is 4.47. The maximum Gasteiger partial charge on any atom is 0.0954 e. The Morgan fingerprint density at radius 1 is 1.37 bits per heavy atom. The maximum absolute atomic E-state index is 6.00. The molecule has 0 spiro atoms. The van der Waals surface area contributed by atoms with E-state index in [4.69, 9.17) is 5.73 Å². The summed E-state index contributed by atoms with van der Waals surface area (Å²) in [6.45, 7) is 5.46. The van der Waals surface area contributed by atoms with Crippen molar-refractivity contribution in [3.05, 3.63) is 28.9 Å². The Labute approximate surface area is 122 Å². The zero-order valence-electron chi connectivity index (χ0n) is 11.4. The molecular formula is C15H20BrN3. The number of benzene rings is 1. The molecule has 3 N–H and O–H groups in total. The van der Waals surface area contributed by atoms with Crippen LogP contribution in [0.15, 0.2) is 28.9 Å². The van der Waals surface area contributed by atoms with Crippen LogP contribution in [0.25, 0.3) is 10.9 Å². The molecule has 1 aromatic heterocycles. The van der Waals surface area contributed by atoms with E-state index in [9.17, 15) is 0 Å². The highest BCUT2D eigenvalue weighted by atomic mass is 79.9. The molecular weight excluding hydrogens is 302 g/mol. The number of hydrogen-bond acceptors (Lipinski definition) is 3. The van der Waals surface area contributed by atoms with Crippen LogP contribution >= 0.6 is 15.9 Å². The van der Waals surface area contributed by atoms with Gasteiger partial charge < -0.3 is 11.1 Å². The number of hydrogen-bond donors (Lipinski definition) is 2. The average Bonchev–Trinajstić information content (AvgIpc) is 2.37. The predicted octanol–water partition coefficient (Wildman–Crippen LogP) is 4.43. The third-order valence-electron chi connectivity index (χ3n) is 3.12. The van der Waals surface area contributed by atoms with Gasteiger partial charge >= 0.3 is 0 Å². The Hall–Kier alpha value is -1.29. The van der Waals surface area contributed by atoms with E-state index in [1.54, 1.807) is 6.20 Å². The molecule has 0 atom stereocenters. The highest BCUT2D eigenvalue weighted by Gasteiger charge is 2.06. The molecule has 0 bridgehead atoms. The number of halogens is 1. The van der Waals surface area contributed by atoms with Crippen LogP contribution in [0.1, 0.15) is 26.7 Å². The van der Waals surface area contributed by atoms with E-state index in [1.807, 2.05) is 18.2 Å². The van der Waals surface area contributed by atoms with E-state index >= 15 is 0 Å². The van der Waals surface area contributed by atoms with Crippen LogP contribution in [-0.2, 0) is 0 Å². The number of anilines is 2. The molecule has 0 unspecified atom stereocenters. The molecule has 102 valence electrons. The Bertz CT molecular complexity index is 567. The van der Waals surface area contributed by atoms with Crippen LogP contribution in [0, 0.1) is 5.92 Å². The van der Waals surface area contributed by atoms with Gasteiger partial charge in [0.15, 0.2) is 0 Å². The number of nitrogens with one attached hydrogen (secondary N) is 1. The zero-order valence-corrected chi connectivity index (χ0v) is 13.0. The minimum absolute atomic E-state index is 0.749. The van der Waals surface area contributed by atoms with Crippen LogP contribution in [0.5, 0.6) is 0 Å². The van der Waals surface area contributed by atoms with Gasteiger partial charge in [-0.15, -0.1) is 0 Å². The maximum atomic E-state index is 6.00. The van der Waals surface area contributed by atoms with Crippen molar-refractivity contribution in [1.82, 2.24) is 4.98 Å². The first-order valence-electron chi connectivity index (χ1n) is 6.65. The van der Waals surface area contributed by atoms with Gasteiger partial charge in [0, 0.05) is 28.3 Å². The summed E-state index contributed by atoms with van der Waals surface area (Å²) in [7, 11) is 0. The first-order valence-corrected chi connectivity index (χ1v) is 7.45. The fourth-order valence-electron chi connectivity index (χ4n) is 2.09. The van der Waals surface area contributed by atoms with Crippen molar-refractivity contribution in [2.45, 2.75) is 26.7 Å². The molecule has 0 saturated heterocycles. The number of nitrogen functional groups attached to an aromatic ring is 1. The standard InChI is InChI=1S/C15H20BrN3/c1-10(2)4-3-7-18-14-6-5-13(17)12-8-11(16)9-19-15(12)14/h5-6,8-10,18H,3-4,7,17H2,1-2H3. The van der Waals surface area contributed by atoms with Gasteiger partial charge in [0.05, 0.1) is 11.2 Å². The third-order valence-corrected chi connectivity index (χ3v) is 3.56. The van der Waals surface area contributed by atoms with Crippen molar-refractivity contribution in [2.24, 2.45) is 5.92 Å². The summed E-state index contributed by atoms with van der Waals surface area (Å²) in [5.74, 6) is 0.749. The second-order valence-corrected chi connectivity index (χ2v) is 6.13. The lowest BCUT2D eigenvalue weighted by molar-refractivity contribution is 0.567. The molecule has 1 heterocycles. The zero-order chi connectivity index (χ0) is 13.8. The molecule has 0 aliphatic heterocycles. The van der Waals surface area contributed by atoms with Gasteiger partial charge in [0.25, 0.3) is 0 Å². The second-order valence-electron chi connectivity index (χ2n) is 5.21. The summed E-state index contributed by atoms with van der Waals surface area (Å²) in [6, 6.07) is 5.95. The number of fused-ring (bicyclic) bond motifs is 1. The first-order chi connectivity index (χ1) is 9.08. The quantitative estimate of drug-likeness (QED) is 0.632. The summed E-state index contributed by atoms with van der Waals surface area (Å²) in [5.41, 5.74) is 8.75. The van der Waals surface area contributed by atoms with Gasteiger partial charge in [-0.05, 0) is 52.9 Å². The van der Waals surface area contributed by atoms with Crippen molar-refractivity contribution in [3.63, 3.8) is 0 Å². The molecule has 0 radical (unpaired) electrons. The lowest BCUT2D eigenvalue weighted by atomic mass is 10.1. The molecule has 1 aromatic carbocycles. The summed E-state index contributed by atoms with van der Waals surface area (Å²) < 4.78 is 0.948. The monoisotopic (exact) mass is 321 g/mol. The number of pyridine rings is 1. The highest BCUT2D eigenvalue weighted by molar-refractivity contribution is 9.10. The van der Waals surface area contributed by atoms with Crippen LogP contribution in [0.3, 0.4) is 0 Å². The average molecular weight is 322 g/mol.